The van der Waals surface area contributed by atoms with E-state index in [4.69, 9.17) is 0 Å². The number of alkyl halides is 1. The van der Waals surface area contributed by atoms with Crippen LogP contribution in [0.3, 0.4) is 0 Å². The maximum absolute atomic E-state index is 12.4. The lowest BCUT2D eigenvalue weighted by Crippen LogP contribution is -2.15. The molecule has 2 aromatic carbocycles. The van der Waals surface area contributed by atoms with Crippen LogP contribution in [0, 0.1) is 0 Å². The fourth-order valence-corrected chi connectivity index (χ4v) is 3.21. The number of amides is 1. The first-order valence-electron chi connectivity index (χ1n) is 7.35. The normalized spacial score (nSPS) is 13.6. The molecule has 0 bridgehead atoms. The van der Waals surface area contributed by atoms with Crippen LogP contribution in [0.15, 0.2) is 42.5 Å². The number of benzene rings is 2. The third-order valence-corrected chi connectivity index (χ3v) is 4.66. The van der Waals surface area contributed by atoms with Gasteiger partial charge in [-0.1, -0.05) is 40.2 Å². The predicted octanol–water partition coefficient (Wildman–Crippen LogP) is 4.71. The Kier molecular flexibility index (Phi) is 4.39. The number of carbonyl (C=O) groups excluding carboxylic acids is 1. The van der Waals surface area contributed by atoms with Crippen LogP contribution >= 0.6 is 15.9 Å². The van der Waals surface area contributed by atoms with E-state index in [0.29, 0.717) is 5.56 Å². The van der Waals surface area contributed by atoms with Gasteiger partial charge in [0, 0.05) is 16.6 Å². The Balaban J connectivity index is 1.81. The smallest absolute Gasteiger partial charge is 0.255 e. The Morgan fingerprint density at radius 2 is 1.81 bits per heavy atom. The molecule has 1 N–H and O–H groups in total. The summed E-state index contributed by atoms with van der Waals surface area (Å²) in [6, 6.07) is 13.9. The zero-order valence-electron chi connectivity index (χ0n) is 11.9. The molecule has 3 heteroatoms. The fraction of sp³-hybridized carbons (Fsp3) is 0.278. The average Bonchev–Trinajstić information content (AvgIpc) is 2.55. The predicted molar refractivity (Wildman–Crippen MR) is 90.1 cm³/mol. The van der Waals surface area contributed by atoms with Crippen LogP contribution in [-0.4, -0.2) is 5.91 Å². The second-order valence-corrected chi connectivity index (χ2v) is 6.00. The number of fused-ring (bicyclic) bond motifs is 1. The van der Waals surface area contributed by atoms with Crippen LogP contribution in [0.5, 0.6) is 0 Å². The first-order valence-corrected chi connectivity index (χ1v) is 8.47. The maximum Gasteiger partial charge on any atom is 0.255 e. The number of hydrogen-bond donors (Lipinski definition) is 1. The van der Waals surface area contributed by atoms with E-state index in [1.807, 2.05) is 36.4 Å². The molecule has 21 heavy (non-hydrogen) atoms. The van der Waals surface area contributed by atoms with Crippen molar-refractivity contribution in [2.45, 2.75) is 31.0 Å². The molecule has 0 heterocycles. The molecule has 1 aliphatic rings. The van der Waals surface area contributed by atoms with E-state index in [9.17, 15) is 4.79 Å². The van der Waals surface area contributed by atoms with E-state index in [1.54, 1.807) is 0 Å². The molecule has 0 fully saturated rings. The van der Waals surface area contributed by atoms with Crippen molar-refractivity contribution < 1.29 is 4.79 Å². The van der Waals surface area contributed by atoms with Crippen LogP contribution in [0.2, 0.25) is 0 Å². The summed E-state index contributed by atoms with van der Waals surface area (Å²) < 4.78 is 0. The highest BCUT2D eigenvalue weighted by Crippen LogP contribution is 2.28. The van der Waals surface area contributed by atoms with Gasteiger partial charge in [0.25, 0.3) is 5.91 Å². The highest BCUT2D eigenvalue weighted by atomic mass is 79.9. The fourth-order valence-electron chi connectivity index (χ4n) is 2.84. The van der Waals surface area contributed by atoms with Gasteiger partial charge in [0.2, 0.25) is 0 Å². The number of rotatable bonds is 3. The van der Waals surface area contributed by atoms with Crippen molar-refractivity contribution in [2.75, 3.05) is 5.32 Å². The molecule has 2 aromatic rings. The third-order valence-electron chi connectivity index (χ3n) is 4.01. The number of nitrogens with one attached hydrogen (secondary N) is 1. The van der Waals surface area contributed by atoms with Gasteiger partial charge in [0.15, 0.2) is 0 Å². The lowest BCUT2D eigenvalue weighted by atomic mass is 9.90. The molecular weight excluding hydrogens is 326 g/mol. The van der Waals surface area contributed by atoms with Crippen molar-refractivity contribution in [3.63, 3.8) is 0 Å². The van der Waals surface area contributed by atoms with E-state index in [-0.39, 0.29) is 5.91 Å². The van der Waals surface area contributed by atoms with Crippen molar-refractivity contribution in [1.29, 1.82) is 0 Å². The summed E-state index contributed by atoms with van der Waals surface area (Å²) in [4.78, 5) is 12.4. The number of halogens is 1. The SMILES string of the molecule is O=C(Nc1cccc2c1CCCC2)c1ccc(CBr)cc1. The second-order valence-electron chi connectivity index (χ2n) is 5.44. The average molecular weight is 344 g/mol. The van der Waals surface area contributed by atoms with Gasteiger partial charge in [-0.3, -0.25) is 4.79 Å². The molecule has 3 rings (SSSR count). The standard InChI is InChI=1S/C18H18BrNO/c19-12-13-8-10-15(11-9-13)18(21)20-17-7-3-5-14-4-1-2-6-16(14)17/h3,5,7-11H,1-2,4,6,12H2,(H,20,21). The third kappa shape index (κ3) is 3.18. The van der Waals surface area contributed by atoms with Crippen molar-refractivity contribution in [2.24, 2.45) is 0 Å². The van der Waals surface area contributed by atoms with Gasteiger partial charge >= 0.3 is 0 Å². The molecule has 0 saturated heterocycles. The first-order chi connectivity index (χ1) is 10.3. The van der Waals surface area contributed by atoms with Gasteiger partial charge in [-0.05, 0) is 60.6 Å². The summed E-state index contributed by atoms with van der Waals surface area (Å²) in [5.74, 6) is -0.0323. The van der Waals surface area contributed by atoms with Crippen molar-refractivity contribution >= 4 is 27.5 Å². The highest BCUT2D eigenvalue weighted by Gasteiger charge is 2.15. The van der Waals surface area contributed by atoms with Crippen molar-refractivity contribution in [3.05, 3.63) is 64.7 Å². The van der Waals surface area contributed by atoms with Crippen LogP contribution < -0.4 is 5.32 Å². The summed E-state index contributed by atoms with van der Waals surface area (Å²) >= 11 is 3.41. The van der Waals surface area contributed by atoms with E-state index >= 15 is 0 Å². The lowest BCUT2D eigenvalue weighted by Gasteiger charge is -2.19. The second kappa shape index (κ2) is 6.44. The van der Waals surface area contributed by atoms with Crippen molar-refractivity contribution in [3.8, 4) is 0 Å². The minimum absolute atomic E-state index is 0.0323. The lowest BCUT2D eigenvalue weighted by molar-refractivity contribution is 0.102. The van der Waals surface area contributed by atoms with Gasteiger partial charge in [0.05, 0.1) is 0 Å². The zero-order valence-corrected chi connectivity index (χ0v) is 13.4. The number of anilines is 1. The summed E-state index contributed by atoms with van der Waals surface area (Å²) in [5, 5.41) is 3.88. The van der Waals surface area contributed by atoms with Crippen LogP contribution in [-0.2, 0) is 18.2 Å². The van der Waals surface area contributed by atoms with E-state index in [0.717, 1.165) is 23.9 Å². The molecule has 1 amide bonds. The molecule has 0 aliphatic heterocycles. The topological polar surface area (TPSA) is 29.1 Å². The van der Waals surface area contributed by atoms with Gasteiger partial charge < -0.3 is 5.32 Å². The summed E-state index contributed by atoms with van der Waals surface area (Å²) in [5.41, 5.74) is 5.54. The monoisotopic (exact) mass is 343 g/mol. The molecular formula is C18H18BrNO. The Morgan fingerprint density at radius 1 is 1.05 bits per heavy atom. The number of hydrogen-bond acceptors (Lipinski definition) is 1. The molecule has 0 unspecified atom stereocenters. The molecule has 0 aromatic heterocycles. The molecule has 0 saturated carbocycles. The molecule has 108 valence electrons. The van der Waals surface area contributed by atoms with Crippen LogP contribution in [0.4, 0.5) is 5.69 Å². The number of aryl methyl sites for hydroxylation is 1. The Morgan fingerprint density at radius 3 is 2.57 bits per heavy atom. The Labute approximate surface area is 133 Å². The molecule has 0 radical (unpaired) electrons. The summed E-state index contributed by atoms with van der Waals surface area (Å²) in [6.07, 6.45) is 4.64. The van der Waals surface area contributed by atoms with Gasteiger partial charge in [-0.15, -0.1) is 0 Å². The quantitative estimate of drug-likeness (QED) is 0.803. The van der Waals surface area contributed by atoms with E-state index in [2.05, 4.69) is 27.3 Å². The highest BCUT2D eigenvalue weighted by molar-refractivity contribution is 9.08. The minimum Gasteiger partial charge on any atom is -0.322 e. The van der Waals surface area contributed by atoms with Gasteiger partial charge in [-0.25, -0.2) is 0 Å². The largest absolute Gasteiger partial charge is 0.322 e. The molecule has 0 spiro atoms. The van der Waals surface area contributed by atoms with Crippen LogP contribution in [0.25, 0.3) is 0 Å². The van der Waals surface area contributed by atoms with Crippen LogP contribution in [0.1, 0.15) is 39.9 Å². The zero-order chi connectivity index (χ0) is 14.7. The molecule has 1 aliphatic carbocycles. The Hall–Kier alpha value is -1.61. The van der Waals surface area contributed by atoms with Gasteiger partial charge in [-0.2, -0.15) is 0 Å². The number of carbonyl (C=O) groups is 1. The minimum atomic E-state index is -0.0323. The maximum atomic E-state index is 12.4. The molecule has 0 atom stereocenters. The summed E-state index contributed by atoms with van der Waals surface area (Å²) in [6.45, 7) is 0. The van der Waals surface area contributed by atoms with Crippen molar-refractivity contribution in [1.82, 2.24) is 0 Å². The van der Waals surface area contributed by atoms with Gasteiger partial charge in [0.1, 0.15) is 0 Å². The summed E-state index contributed by atoms with van der Waals surface area (Å²) in [7, 11) is 0. The molecule has 2 nitrogen and oxygen atoms in total. The van der Waals surface area contributed by atoms with E-state index < -0.39 is 0 Å². The van der Waals surface area contributed by atoms with E-state index in [1.165, 1.54) is 29.5 Å². The first kappa shape index (κ1) is 14.3. The Bertz CT molecular complexity index is 649.